The normalized spacial score (nSPS) is 19.5. The molecule has 0 saturated heterocycles. The van der Waals surface area contributed by atoms with E-state index in [1.54, 1.807) is 11.6 Å². The van der Waals surface area contributed by atoms with E-state index in [1.165, 1.54) is 0 Å². The largest absolute Gasteiger partial charge is 0.481 e. The van der Waals surface area contributed by atoms with Crippen LogP contribution in [0.4, 0.5) is 0 Å². The van der Waals surface area contributed by atoms with E-state index in [9.17, 15) is 9.59 Å². The van der Waals surface area contributed by atoms with Gasteiger partial charge in [0.2, 0.25) is 0 Å². The van der Waals surface area contributed by atoms with E-state index in [0.29, 0.717) is 42.1 Å². The van der Waals surface area contributed by atoms with Gasteiger partial charge in [-0.3, -0.25) is 14.3 Å². The molecule has 2 N–H and O–H groups in total. The van der Waals surface area contributed by atoms with Gasteiger partial charge in [-0.2, -0.15) is 5.10 Å². The highest BCUT2D eigenvalue weighted by molar-refractivity contribution is 6.31. The number of nitrogens with zero attached hydrogens (tertiary/aromatic N) is 2. The van der Waals surface area contributed by atoms with Gasteiger partial charge in [0.05, 0.1) is 23.7 Å². The average Bonchev–Trinajstić information content (AvgIpc) is 3.15. The third-order valence-electron chi connectivity index (χ3n) is 5.00. The summed E-state index contributed by atoms with van der Waals surface area (Å²) < 4.78 is 1.78. The number of benzene rings is 1. The first kappa shape index (κ1) is 18.5. The molecule has 3 rings (SSSR count). The second kappa shape index (κ2) is 7.50. The molecule has 0 bridgehead atoms. The van der Waals surface area contributed by atoms with Gasteiger partial charge in [0.25, 0.3) is 5.91 Å². The molecule has 1 aliphatic carbocycles. The quantitative estimate of drug-likeness (QED) is 0.840. The molecule has 1 fully saturated rings. The molecule has 0 spiro atoms. The summed E-state index contributed by atoms with van der Waals surface area (Å²) in [6, 6.07) is 7.45. The van der Waals surface area contributed by atoms with E-state index in [2.05, 4.69) is 10.4 Å². The number of carboxylic acids is 1. The number of carbonyl (C=O) groups is 2. The van der Waals surface area contributed by atoms with Gasteiger partial charge in [0.1, 0.15) is 0 Å². The maximum absolute atomic E-state index is 12.7. The van der Waals surface area contributed by atoms with Crippen LogP contribution in [0.2, 0.25) is 5.02 Å². The maximum atomic E-state index is 12.7. The van der Waals surface area contributed by atoms with Crippen LogP contribution in [0.25, 0.3) is 0 Å². The van der Waals surface area contributed by atoms with Gasteiger partial charge in [-0.05, 0) is 44.7 Å². The fourth-order valence-electron chi connectivity index (χ4n) is 3.56. The van der Waals surface area contributed by atoms with Gasteiger partial charge in [-0.25, -0.2) is 0 Å². The average molecular weight is 376 g/mol. The zero-order chi connectivity index (χ0) is 18.8. The first-order chi connectivity index (χ1) is 12.4. The maximum Gasteiger partial charge on any atom is 0.306 e. The van der Waals surface area contributed by atoms with E-state index in [4.69, 9.17) is 16.7 Å². The molecule has 2 aromatic rings. The molecule has 1 saturated carbocycles. The Morgan fingerprint density at radius 2 is 2.04 bits per heavy atom. The molecule has 1 amide bonds. The van der Waals surface area contributed by atoms with Crippen LogP contribution in [-0.2, 0) is 11.3 Å². The van der Waals surface area contributed by atoms with Gasteiger partial charge >= 0.3 is 5.97 Å². The molecule has 1 aliphatic rings. The number of aryl methyl sites for hydroxylation is 1. The first-order valence-electron chi connectivity index (χ1n) is 8.68. The van der Waals surface area contributed by atoms with Gasteiger partial charge in [0, 0.05) is 16.8 Å². The molecule has 2 atom stereocenters. The van der Waals surface area contributed by atoms with Crippen molar-refractivity contribution in [2.24, 2.45) is 5.92 Å². The van der Waals surface area contributed by atoms with Crippen LogP contribution in [-0.4, -0.2) is 32.8 Å². The van der Waals surface area contributed by atoms with Crippen molar-refractivity contribution in [1.82, 2.24) is 15.1 Å². The smallest absolute Gasteiger partial charge is 0.306 e. The number of nitrogens with one attached hydrogen (secondary N) is 1. The minimum atomic E-state index is -0.790. The molecule has 6 nitrogen and oxygen atoms in total. The highest BCUT2D eigenvalue weighted by atomic mass is 35.5. The predicted octanol–water partition coefficient (Wildman–Crippen LogP) is 3.18. The number of hydrogen-bond acceptors (Lipinski definition) is 3. The number of carbonyl (C=O) groups excluding carboxylic acids is 1. The molecule has 0 unspecified atom stereocenters. The Morgan fingerprint density at radius 1 is 1.31 bits per heavy atom. The van der Waals surface area contributed by atoms with Crippen molar-refractivity contribution in [3.05, 3.63) is 51.8 Å². The molecule has 0 radical (unpaired) electrons. The standard InChI is InChI=1S/C19H22ClN3O3/c1-11-17(18(24)21-15-8-7-13(9-15)19(25)26)12(2)23(22-11)10-14-5-3-4-6-16(14)20/h3-6,13,15H,7-10H2,1-2H3,(H,21,24)(H,25,26)/t13-,15+/m1/s1. The van der Waals surface area contributed by atoms with Crippen LogP contribution < -0.4 is 5.32 Å². The summed E-state index contributed by atoms with van der Waals surface area (Å²) in [5, 5.41) is 17.2. The van der Waals surface area contributed by atoms with Crippen LogP contribution in [0, 0.1) is 19.8 Å². The summed E-state index contributed by atoms with van der Waals surface area (Å²) in [5.41, 5.74) is 2.91. The van der Waals surface area contributed by atoms with Gasteiger partial charge in [0.15, 0.2) is 0 Å². The number of amides is 1. The van der Waals surface area contributed by atoms with Crippen molar-refractivity contribution >= 4 is 23.5 Å². The topological polar surface area (TPSA) is 84.2 Å². The predicted molar refractivity (Wildman–Crippen MR) is 98.5 cm³/mol. The summed E-state index contributed by atoms with van der Waals surface area (Å²) in [6.07, 6.45) is 1.77. The van der Waals surface area contributed by atoms with Gasteiger partial charge in [-0.1, -0.05) is 29.8 Å². The summed E-state index contributed by atoms with van der Waals surface area (Å²) in [6.45, 7) is 4.16. The van der Waals surface area contributed by atoms with E-state index in [-0.39, 0.29) is 17.9 Å². The fraction of sp³-hybridized carbons (Fsp3) is 0.421. The second-order valence-electron chi connectivity index (χ2n) is 6.81. The van der Waals surface area contributed by atoms with Crippen molar-refractivity contribution in [2.45, 2.75) is 45.7 Å². The Labute approximate surface area is 157 Å². The van der Waals surface area contributed by atoms with E-state index < -0.39 is 5.97 Å². The summed E-state index contributed by atoms with van der Waals surface area (Å²) in [7, 11) is 0. The number of rotatable bonds is 5. The Morgan fingerprint density at radius 3 is 2.69 bits per heavy atom. The summed E-state index contributed by atoms with van der Waals surface area (Å²) in [4.78, 5) is 23.8. The lowest BCUT2D eigenvalue weighted by molar-refractivity contribution is -0.141. The molecule has 1 aromatic carbocycles. The van der Waals surface area contributed by atoms with E-state index >= 15 is 0 Å². The van der Waals surface area contributed by atoms with E-state index in [0.717, 1.165) is 11.3 Å². The highest BCUT2D eigenvalue weighted by Gasteiger charge is 2.31. The zero-order valence-electron chi connectivity index (χ0n) is 14.8. The van der Waals surface area contributed by atoms with Crippen LogP contribution in [0.3, 0.4) is 0 Å². The molecule has 7 heteroatoms. The molecule has 1 heterocycles. The van der Waals surface area contributed by atoms with Crippen LogP contribution >= 0.6 is 11.6 Å². The Bertz CT molecular complexity index is 847. The third-order valence-corrected chi connectivity index (χ3v) is 5.37. The Balaban J connectivity index is 1.74. The number of carboxylic acid groups (broad SMARTS) is 1. The molecule has 26 heavy (non-hydrogen) atoms. The first-order valence-corrected chi connectivity index (χ1v) is 9.05. The lowest BCUT2D eigenvalue weighted by Gasteiger charge is -2.13. The lowest BCUT2D eigenvalue weighted by Crippen LogP contribution is -2.34. The highest BCUT2D eigenvalue weighted by Crippen LogP contribution is 2.26. The Kier molecular flexibility index (Phi) is 5.32. The van der Waals surface area contributed by atoms with Crippen LogP contribution in [0.5, 0.6) is 0 Å². The van der Waals surface area contributed by atoms with Crippen molar-refractivity contribution in [1.29, 1.82) is 0 Å². The Hall–Kier alpha value is -2.34. The van der Waals surface area contributed by atoms with Crippen LogP contribution in [0.1, 0.15) is 46.6 Å². The molecule has 1 aromatic heterocycles. The SMILES string of the molecule is Cc1nn(Cc2ccccc2Cl)c(C)c1C(=O)N[C@H]1CC[C@@H](C(=O)O)C1. The summed E-state index contributed by atoms with van der Waals surface area (Å²) >= 11 is 6.22. The minimum Gasteiger partial charge on any atom is -0.481 e. The molecular weight excluding hydrogens is 354 g/mol. The number of aromatic nitrogens is 2. The molecule has 138 valence electrons. The molecule has 0 aliphatic heterocycles. The fourth-order valence-corrected chi connectivity index (χ4v) is 3.76. The second-order valence-corrected chi connectivity index (χ2v) is 7.22. The lowest BCUT2D eigenvalue weighted by atomic mass is 10.1. The number of hydrogen-bond donors (Lipinski definition) is 2. The van der Waals surface area contributed by atoms with E-state index in [1.807, 2.05) is 31.2 Å². The minimum absolute atomic E-state index is 0.102. The number of aliphatic carboxylic acids is 1. The zero-order valence-corrected chi connectivity index (χ0v) is 15.6. The monoisotopic (exact) mass is 375 g/mol. The van der Waals surface area contributed by atoms with Crippen molar-refractivity contribution in [3.63, 3.8) is 0 Å². The third kappa shape index (κ3) is 3.75. The van der Waals surface area contributed by atoms with Gasteiger partial charge < -0.3 is 10.4 Å². The van der Waals surface area contributed by atoms with Crippen molar-refractivity contribution < 1.29 is 14.7 Å². The van der Waals surface area contributed by atoms with Crippen molar-refractivity contribution in [2.75, 3.05) is 0 Å². The van der Waals surface area contributed by atoms with Crippen LogP contribution in [0.15, 0.2) is 24.3 Å². The molecular formula is C19H22ClN3O3. The van der Waals surface area contributed by atoms with Crippen molar-refractivity contribution in [3.8, 4) is 0 Å². The number of halogens is 1. The summed E-state index contributed by atoms with van der Waals surface area (Å²) in [5.74, 6) is -1.35. The van der Waals surface area contributed by atoms with Gasteiger partial charge in [-0.15, -0.1) is 0 Å².